The minimum absolute atomic E-state index is 0.0635. The summed E-state index contributed by atoms with van der Waals surface area (Å²) in [5, 5.41) is 3.28. The number of carbonyl (C=O) groups is 1. The Hall–Kier alpha value is -0.610. The van der Waals surface area contributed by atoms with Crippen LogP contribution in [-0.2, 0) is 9.53 Å². The van der Waals surface area contributed by atoms with E-state index in [-0.39, 0.29) is 5.97 Å². The molecule has 2 fully saturated rings. The molecule has 4 heteroatoms. The van der Waals surface area contributed by atoms with Gasteiger partial charge in [-0.15, -0.1) is 0 Å². The van der Waals surface area contributed by atoms with E-state index in [2.05, 4.69) is 17.3 Å². The molecule has 0 bridgehead atoms. The zero-order valence-electron chi connectivity index (χ0n) is 14.0. The van der Waals surface area contributed by atoms with Crippen molar-refractivity contribution in [3.05, 3.63) is 0 Å². The number of hydrogen-bond acceptors (Lipinski definition) is 4. The van der Waals surface area contributed by atoms with E-state index in [1.54, 1.807) is 0 Å². The second-order valence-corrected chi connectivity index (χ2v) is 6.89. The summed E-state index contributed by atoms with van der Waals surface area (Å²) in [6.45, 7) is 3.53. The maximum Gasteiger partial charge on any atom is 0.326 e. The van der Waals surface area contributed by atoms with Crippen molar-refractivity contribution >= 4 is 5.97 Å². The van der Waals surface area contributed by atoms with E-state index in [0.29, 0.717) is 12.6 Å². The Morgan fingerprint density at radius 2 is 2.00 bits per heavy atom. The maximum absolute atomic E-state index is 12.4. The minimum Gasteiger partial charge on any atom is -0.465 e. The smallest absolute Gasteiger partial charge is 0.326 e. The number of nitrogens with zero attached hydrogens (tertiary/aromatic N) is 1. The third-order valence-electron chi connectivity index (χ3n) is 5.51. The average molecular weight is 296 g/mol. The van der Waals surface area contributed by atoms with Crippen LogP contribution in [0.2, 0.25) is 0 Å². The molecule has 0 spiro atoms. The lowest BCUT2D eigenvalue weighted by Gasteiger charge is -2.42. The molecule has 0 aromatic rings. The molecule has 0 amide bonds. The Labute approximate surface area is 129 Å². The van der Waals surface area contributed by atoms with Crippen molar-refractivity contribution in [3.8, 4) is 0 Å². The van der Waals surface area contributed by atoms with Gasteiger partial charge in [-0.1, -0.05) is 12.8 Å². The lowest BCUT2D eigenvalue weighted by atomic mass is 9.78. The molecule has 2 aliphatic carbocycles. The van der Waals surface area contributed by atoms with Crippen LogP contribution < -0.4 is 5.32 Å². The fourth-order valence-corrected chi connectivity index (χ4v) is 4.16. The van der Waals surface area contributed by atoms with Crippen molar-refractivity contribution in [1.29, 1.82) is 0 Å². The molecule has 2 unspecified atom stereocenters. The molecular formula is C17H32N2O2. The van der Waals surface area contributed by atoms with Crippen LogP contribution >= 0.6 is 0 Å². The van der Waals surface area contributed by atoms with Gasteiger partial charge in [-0.3, -0.25) is 4.79 Å². The monoisotopic (exact) mass is 296 g/mol. The first kappa shape index (κ1) is 16.8. The van der Waals surface area contributed by atoms with Gasteiger partial charge < -0.3 is 15.0 Å². The van der Waals surface area contributed by atoms with Crippen LogP contribution in [-0.4, -0.2) is 49.7 Å². The van der Waals surface area contributed by atoms with Crippen LogP contribution in [0.4, 0.5) is 0 Å². The normalized spacial score (nSPS) is 30.8. The van der Waals surface area contributed by atoms with Gasteiger partial charge in [0.15, 0.2) is 0 Å². The summed E-state index contributed by atoms with van der Waals surface area (Å²) in [5.41, 5.74) is -0.469. The highest BCUT2D eigenvalue weighted by molar-refractivity contribution is 5.81. The molecule has 0 aromatic carbocycles. The average Bonchev–Trinajstić information content (AvgIpc) is 3.00. The van der Waals surface area contributed by atoms with Gasteiger partial charge in [-0.2, -0.15) is 0 Å². The summed E-state index contributed by atoms with van der Waals surface area (Å²) >= 11 is 0. The Morgan fingerprint density at radius 1 is 1.29 bits per heavy atom. The molecule has 0 radical (unpaired) electrons. The Balaban J connectivity index is 1.95. The van der Waals surface area contributed by atoms with Crippen LogP contribution in [0.15, 0.2) is 0 Å². The SMILES string of the molecule is CCOC(=O)C1(NC)CCCC(N(C)CC2CCCC2)C1. The van der Waals surface area contributed by atoms with Gasteiger partial charge in [0.05, 0.1) is 6.61 Å². The van der Waals surface area contributed by atoms with Crippen LogP contribution in [0, 0.1) is 5.92 Å². The van der Waals surface area contributed by atoms with Crippen molar-refractivity contribution < 1.29 is 9.53 Å². The van der Waals surface area contributed by atoms with Gasteiger partial charge >= 0.3 is 5.97 Å². The molecule has 0 saturated heterocycles. The predicted molar refractivity (Wildman–Crippen MR) is 85.3 cm³/mol. The summed E-state index contributed by atoms with van der Waals surface area (Å²) in [4.78, 5) is 14.9. The third kappa shape index (κ3) is 3.98. The number of hydrogen-bond donors (Lipinski definition) is 1. The maximum atomic E-state index is 12.4. The molecule has 1 N–H and O–H groups in total. The van der Waals surface area contributed by atoms with Gasteiger partial charge in [0.1, 0.15) is 5.54 Å². The Morgan fingerprint density at radius 3 is 2.62 bits per heavy atom. The number of nitrogens with one attached hydrogen (secondary N) is 1. The second kappa shape index (κ2) is 7.59. The largest absolute Gasteiger partial charge is 0.465 e. The highest BCUT2D eigenvalue weighted by Crippen LogP contribution is 2.33. The standard InChI is InChI=1S/C17H32N2O2/c1-4-21-16(20)17(18-2)11-7-10-15(12-17)19(3)13-14-8-5-6-9-14/h14-15,18H,4-13H2,1-3H3. The topological polar surface area (TPSA) is 41.6 Å². The molecule has 122 valence electrons. The summed E-state index contributed by atoms with van der Waals surface area (Å²) in [6, 6.07) is 0.496. The molecule has 2 aliphatic rings. The van der Waals surface area contributed by atoms with E-state index in [0.717, 1.165) is 25.2 Å². The van der Waals surface area contributed by atoms with Gasteiger partial charge in [-0.25, -0.2) is 0 Å². The second-order valence-electron chi connectivity index (χ2n) is 6.89. The van der Waals surface area contributed by atoms with Crippen LogP contribution in [0.1, 0.15) is 58.3 Å². The van der Waals surface area contributed by atoms with Crippen molar-refractivity contribution in [1.82, 2.24) is 10.2 Å². The third-order valence-corrected chi connectivity index (χ3v) is 5.51. The minimum atomic E-state index is -0.469. The number of ether oxygens (including phenoxy) is 1. The molecule has 0 aliphatic heterocycles. The lowest BCUT2D eigenvalue weighted by molar-refractivity contribution is -0.153. The van der Waals surface area contributed by atoms with E-state index in [1.807, 2.05) is 14.0 Å². The van der Waals surface area contributed by atoms with E-state index in [9.17, 15) is 4.79 Å². The van der Waals surface area contributed by atoms with Crippen molar-refractivity contribution in [2.45, 2.75) is 69.9 Å². The predicted octanol–water partition coefficient (Wildman–Crippen LogP) is 2.57. The fraction of sp³-hybridized carbons (Fsp3) is 0.941. The van der Waals surface area contributed by atoms with Crippen molar-refractivity contribution in [3.63, 3.8) is 0 Å². The van der Waals surface area contributed by atoms with Gasteiger partial charge in [0, 0.05) is 12.6 Å². The molecule has 2 saturated carbocycles. The fourth-order valence-electron chi connectivity index (χ4n) is 4.16. The number of rotatable bonds is 6. The van der Waals surface area contributed by atoms with Crippen molar-refractivity contribution in [2.24, 2.45) is 5.92 Å². The molecule has 2 atom stereocenters. The quantitative estimate of drug-likeness (QED) is 0.765. The first-order valence-electron chi connectivity index (χ1n) is 8.67. The van der Waals surface area contributed by atoms with Crippen molar-refractivity contribution in [2.75, 3.05) is 27.2 Å². The van der Waals surface area contributed by atoms with E-state index >= 15 is 0 Å². The molecule has 4 nitrogen and oxygen atoms in total. The Kier molecular flexibility index (Phi) is 6.06. The van der Waals surface area contributed by atoms with Crippen LogP contribution in [0.25, 0.3) is 0 Å². The number of likely N-dealkylation sites (N-methyl/N-ethyl adjacent to an activating group) is 1. The van der Waals surface area contributed by atoms with Crippen LogP contribution in [0.3, 0.4) is 0 Å². The van der Waals surface area contributed by atoms with Gasteiger partial charge in [0.25, 0.3) is 0 Å². The molecule has 21 heavy (non-hydrogen) atoms. The summed E-state index contributed by atoms with van der Waals surface area (Å²) in [5.74, 6) is 0.801. The summed E-state index contributed by atoms with van der Waals surface area (Å²) in [6.07, 6.45) is 9.63. The number of carbonyl (C=O) groups excluding carboxylic acids is 1. The first-order chi connectivity index (χ1) is 10.1. The van der Waals surface area contributed by atoms with Gasteiger partial charge in [0.2, 0.25) is 0 Å². The highest BCUT2D eigenvalue weighted by atomic mass is 16.5. The summed E-state index contributed by atoms with van der Waals surface area (Å²) in [7, 11) is 4.14. The van der Waals surface area contributed by atoms with E-state index in [4.69, 9.17) is 4.74 Å². The zero-order valence-corrected chi connectivity index (χ0v) is 14.0. The van der Waals surface area contributed by atoms with E-state index in [1.165, 1.54) is 38.6 Å². The molecule has 2 rings (SSSR count). The highest BCUT2D eigenvalue weighted by Gasteiger charge is 2.43. The van der Waals surface area contributed by atoms with Crippen LogP contribution in [0.5, 0.6) is 0 Å². The first-order valence-corrected chi connectivity index (χ1v) is 8.67. The van der Waals surface area contributed by atoms with Gasteiger partial charge in [-0.05, 0) is 65.5 Å². The van der Waals surface area contributed by atoms with E-state index < -0.39 is 5.54 Å². The summed E-state index contributed by atoms with van der Waals surface area (Å²) < 4.78 is 5.32. The Bertz CT molecular complexity index is 342. The molecular weight excluding hydrogens is 264 g/mol. The number of esters is 1. The lowest BCUT2D eigenvalue weighted by Crippen LogP contribution is -2.57. The molecule has 0 heterocycles. The zero-order chi connectivity index (χ0) is 15.3. The molecule has 0 aromatic heterocycles.